The summed E-state index contributed by atoms with van der Waals surface area (Å²) >= 11 is 0. The monoisotopic (exact) mass is 284 g/mol. The summed E-state index contributed by atoms with van der Waals surface area (Å²) in [6.45, 7) is 2.84. The number of aliphatic carboxylic acids is 1. The molecule has 114 valence electrons. The van der Waals surface area contributed by atoms with E-state index in [0.717, 1.165) is 32.4 Å². The lowest BCUT2D eigenvalue weighted by Gasteiger charge is -2.37. The van der Waals surface area contributed by atoms with Gasteiger partial charge in [-0.15, -0.1) is 0 Å². The van der Waals surface area contributed by atoms with Crippen molar-refractivity contribution in [3.05, 3.63) is 0 Å². The van der Waals surface area contributed by atoms with Crippen LogP contribution in [0.25, 0.3) is 0 Å². The minimum Gasteiger partial charge on any atom is -0.481 e. The zero-order chi connectivity index (χ0) is 14.4. The SMILES string of the molecule is O=C(O)CCC1CCCCN1C(=O)CC1COCCN1. The molecule has 0 aromatic rings. The van der Waals surface area contributed by atoms with Crippen LogP contribution in [0.2, 0.25) is 0 Å². The number of carboxylic acids is 1. The van der Waals surface area contributed by atoms with Crippen molar-refractivity contribution in [2.45, 2.75) is 50.6 Å². The van der Waals surface area contributed by atoms with E-state index in [1.165, 1.54) is 0 Å². The molecule has 2 heterocycles. The van der Waals surface area contributed by atoms with E-state index in [1.54, 1.807) is 0 Å². The van der Waals surface area contributed by atoms with Gasteiger partial charge in [-0.2, -0.15) is 0 Å². The van der Waals surface area contributed by atoms with Gasteiger partial charge in [0.2, 0.25) is 5.91 Å². The second-order valence-electron chi connectivity index (χ2n) is 5.60. The standard InChI is InChI=1S/C14H24N2O4/c17-13(9-11-10-20-8-6-15-11)16-7-2-1-3-12(16)4-5-14(18)19/h11-12,15H,1-10H2,(H,18,19). The fraction of sp³-hybridized carbons (Fsp3) is 0.857. The highest BCUT2D eigenvalue weighted by Crippen LogP contribution is 2.22. The van der Waals surface area contributed by atoms with Gasteiger partial charge < -0.3 is 20.1 Å². The van der Waals surface area contributed by atoms with Crippen LogP contribution >= 0.6 is 0 Å². The van der Waals surface area contributed by atoms with Crippen LogP contribution < -0.4 is 5.32 Å². The summed E-state index contributed by atoms with van der Waals surface area (Å²) in [7, 11) is 0. The lowest BCUT2D eigenvalue weighted by atomic mass is 9.97. The van der Waals surface area contributed by atoms with Crippen LogP contribution in [0.3, 0.4) is 0 Å². The minimum atomic E-state index is -0.787. The maximum absolute atomic E-state index is 12.4. The molecule has 2 saturated heterocycles. The Morgan fingerprint density at radius 3 is 2.90 bits per heavy atom. The largest absolute Gasteiger partial charge is 0.481 e. The number of likely N-dealkylation sites (tertiary alicyclic amines) is 1. The van der Waals surface area contributed by atoms with Gasteiger partial charge in [-0.1, -0.05) is 0 Å². The fourth-order valence-corrected chi connectivity index (χ4v) is 3.00. The molecule has 6 heteroatoms. The Kier molecular flexibility index (Phi) is 5.79. The summed E-state index contributed by atoms with van der Waals surface area (Å²) in [5.41, 5.74) is 0. The maximum Gasteiger partial charge on any atom is 0.303 e. The molecule has 2 atom stereocenters. The molecule has 0 saturated carbocycles. The third-order valence-corrected chi connectivity index (χ3v) is 4.06. The molecule has 0 aromatic heterocycles. The first-order valence-electron chi connectivity index (χ1n) is 7.49. The molecule has 0 aromatic carbocycles. The van der Waals surface area contributed by atoms with Gasteiger partial charge in [0.15, 0.2) is 0 Å². The van der Waals surface area contributed by atoms with Crippen LogP contribution in [-0.4, -0.2) is 60.3 Å². The molecule has 0 radical (unpaired) electrons. The molecule has 2 fully saturated rings. The molecule has 0 bridgehead atoms. The summed E-state index contributed by atoms with van der Waals surface area (Å²) in [6.07, 6.45) is 4.18. The van der Waals surface area contributed by atoms with Gasteiger partial charge in [-0.05, 0) is 25.7 Å². The van der Waals surface area contributed by atoms with Crippen LogP contribution in [0.5, 0.6) is 0 Å². The average Bonchev–Trinajstić information content (AvgIpc) is 2.46. The molecule has 1 amide bonds. The fourth-order valence-electron chi connectivity index (χ4n) is 3.00. The molecule has 2 N–H and O–H groups in total. The molecular weight excluding hydrogens is 260 g/mol. The molecular formula is C14H24N2O4. The average molecular weight is 284 g/mol. The van der Waals surface area contributed by atoms with E-state index >= 15 is 0 Å². The predicted molar refractivity (Wildman–Crippen MR) is 73.4 cm³/mol. The zero-order valence-electron chi connectivity index (χ0n) is 11.8. The molecule has 0 spiro atoms. The molecule has 2 unspecified atom stereocenters. The van der Waals surface area contributed by atoms with Gasteiger partial charge >= 0.3 is 5.97 Å². The normalized spacial score (nSPS) is 27.3. The summed E-state index contributed by atoms with van der Waals surface area (Å²) in [5, 5.41) is 12.1. The smallest absolute Gasteiger partial charge is 0.303 e. The van der Waals surface area contributed by atoms with Crippen molar-refractivity contribution >= 4 is 11.9 Å². The number of hydrogen-bond donors (Lipinski definition) is 2. The van der Waals surface area contributed by atoms with Crippen LogP contribution in [0.1, 0.15) is 38.5 Å². The first-order valence-corrected chi connectivity index (χ1v) is 7.49. The number of ether oxygens (including phenoxy) is 1. The summed E-state index contributed by atoms with van der Waals surface area (Å²) in [6, 6.07) is 0.190. The zero-order valence-corrected chi connectivity index (χ0v) is 11.8. The van der Waals surface area contributed by atoms with E-state index in [0.29, 0.717) is 26.1 Å². The maximum atomic E-state index is 12.4. The van der Waals surface area contributed by atoms with Gasteiger partial charge in [0.05, 0.1) is 13.2 Å². The number of nitrogens with one attached hydrogen (secondary N) is 1. The number of rotatable bonds is 5. The Labute approximate surface area is 119 Å². The Morgan fingerprint density at radius 2 is 2.20 bits per heavy atom. The summed E-state index contributed by atoms with van der Waals surface area (Å²) in [4.78, 5) is 25.0. The van der Waals surface area contributed by atoms with E-state index in [-0.39, 0.29) is 24.4 Å². The van der Waals surface area contributed by atoms with Gasteiger partial charge in [0.25, 0.3) is 0 Å². The van der Waals surface area contributed by atoms with Crippen LogP contribution in [0.4, 0.5) is 0 Å². The van der Waals surface area contributed by atoms with Crippen LogP contribution in [0, 0.1) is 0 Å². The molecule has 0 aliphatic carbocycles. The van der Waals surface area contributed by atoms with Gasteiger partial charge in [-0.25, -0.2) is 0 Å². The Bertz CT molecular complexity index is 342. The lowest BCUT2D eigenvalue weighted by Crippen LogP contribution is -2.49. The highest BCUT2D eigenvalue weighted by atomic mass is 16.5. The lowest BCUT2D eigenvalue weighted by molar-refractivity contribution is -0.140. The van der Waals surface area contributed by atoms with Crippen LogP contribution in [0.15, 0.2) is 0 Å². The Morgan fingerprint density at radius 1 is 1.35 bits per heavy atom. The van der Waals surface area contributed by atoms with Gasteiger partial charge in [0, 0.05) is 38.0 Å². The molecule has 2 rings (SSSR count). The second kappa shape index (κ2) is 7.59. The van der Waals surface area contributed by atoms with Crippen molar-refractivity contribution in [1.82, 2.24) is 10.2 Å². The topological polar surface area (TPSA) is 78.9 Å². The third kappa shape index (κ3) is 4.45. The number of amides is 1. The van der Waals surface area contributed by atoms with Crippen molar-refractivity contribution in [1.29, 1.82) is 0 Å². The number of carbonyl (C=O) groups is 2. The van der Waals surface area contributed by atoms with Crippen molar-refractivity contribution in [3.63, 3.8) is 0 Å². The van der Waals surface area contributed by atoms with E-state index in [4.69, 9.17) is 9.84 Å². The van der Waals surface area contributed by atoms with E-state index in [2.05, 4.69) is 5.32 Å². The van der Waals surface area contributed by atoms with Gasteiger partial charge in [-0.3, -0.25) is 9.59 Å². The highest BCUT2D eigenvalue weighted by molar-refractivity contribution is 5.77. The second-order valence-corrected chi connectivity index (χ2v) is 5.60. The first kappa shape index (κ1) is 15.3. The number of piperidine rings is 1. The molecule has 2 aliphatic rings. The van der Waals surface area contributed by atoms with Crippen LogP contribution in [-0.2, 0) is 14.3 Å². The summed E-state index contributed by atoms with van der Waals surface area (Å²) < 4.78 is 5.37. The van der Waals surface area contributed by atoms with Crippen molar-refractivity contribution < 1.29 is 19.4 Å². The molecule has 2 aliphatic heterocycles. The van der Waals surface area contributed by atoms with E-state index < -0.39 is 5.97 Å². The van der Waals surface area contributed by atoms with Crippen molar-refractivity contribution in [2.75, 3.05) is 26.3 Å². The highest BCUT2D eigenvalue weighted by Gasteiger charge is 2.28. The summed E-state index contributed by atoms with van der Waals surface area (Å²) in [5.74, 6) is -0.659. The number of hydrogen-bond acceptors (Lipinski definition) is 4. The number of nitrogens with zero attached hydrogens (tertiary/aromatic N) is 1. The van der Waals surface area contributed by atoms with Crippen molar-refractivity contribution in [3.8, 4) is 0 Å². The molecule has 6 nitrogen and oxygen atoms in total. The number of morpholine rings is 1. The van der Waals surface area contributed by atoms with E-state index in [1.807, 2.05) is 4.90 Å². The number of carboxylic acid groups (broad SMARTS) is 1. The Hall–Kier alpha value is -1.14. The molecule has 20 heavy (non-hydrogen) atoms. The predicted octanol–water partition coefficient (Wildman–Crippen LogP) is 0.611. The first-order chi connectivity index (χ1) is 9.66. The van der Waals surface area contributed by atoms with Crippen molar-refractivity contribution in [2.24, 2.45) is 0 Å². The third-order valence-electron chi connectivity index (χ3n) is 4.06. The van der Waals surface area contributed by atoms with Gasteiger partial charge in [0.1, 0.15) is 0 Å². The quantitative estimate of drug-likeness (QED) is 0.773. The van der Waals surface area contributed by atoms with E-state index in [9.17, 15) is 9.59 Å². The Balaban J connectivity index is 1.85. The number of carbonyl (C=O) groups excluding carboxylic acids is 1. The minimum absolute atomic E-state index is 0.0943.